The summed E-state index contributed by atoms with van der Waals surface area (Å²) < 4.78 is 16.6. The molecule has 0 bridgehead atoms. The number of carbonyl (C=O) groups is 3. The van der Waals surface area contributed by atoms with Crippen molar-refractivity contribution in [3.8, 4) is 21.9 Å². The third-order valence-corrected chi connectivity index (χ3v) is 6.87. The highest BCUT2D eigenvalue weighted by atomic mass is 35.5. The fourth-order valence-electron chi connectivity index (χ4n) is 3.54. The molecule has 1 amide bonds. The number of piperidine rings is 1. The van der Waals surface area contributed by atoms with Gasteiger partial charge in [-0.05, 0) is 57.2 Å². The number of hydrogen-bond acceptors (Lipinski definition) is 7. The number of halogens is 1. The third kappa shape index (κ3) is 7.25. The molecule has 2 aromatic rings. The van der Waals surface area contributed by atoms with E-state index in [0.29, 0.717) is 35.9 Å². The summed E-state index contributed by atoms with van der Waals surface area (Å²) in [4.78, 5) is 36.7. The van der Waals surface area contributed by atoms with Crippen LogP contribution in [0.25, 0.3) is 10.4 Å². The Morgan fingerprint density at radius 2 is 1.83 bits per heavy atom. The van der Waals surface area contributed by atoms with E-state index in [1.54, 1.807) is 29.2 Å². The van der Waals surface area contributed by atoms with E-state index < -0.39 is 24.1 Å². The molecular weight excluding hydrogens is 498 g/mol. The van der Waals surface area contributed by atoms with Gasteiger partial charge in [0.1, 0.15) is 16.4 Å². The Balaban J connectivity index is 1.63. The number of rotatable bonds is 8. The SMILES string of the molecule is CC(C)(C)OC(=O)N1CCC(COc2cccc(-c3sc(C(=O)O)c(OCC(=O)O)c3Cl)c2)CC1. The number of carboxylic acid groups (broad SMARTS) is 2. The predicted octanol–water partition coefficient (Wildman–Crippen LogP) is 5.26. The molecule has 0 unspecified atom stereocenters. The third-order valence-electron chi connectivity index (χ3n) is 5.19. The minimum Gasteiger partial charge on any atom is -0.493 e. The van der Waals surface area contributed by atoms with E-state index in [0.717, 1.165) is 24.2 Å². The second-order valence-corrected chi connectivity index (χ2v) is 10.5. The van der Waals surface area contributed by atoms with Crippen molar-refractivity contribution in [2.75, 3.05) is 26.3 Å². The number of ether oxygens (including phenoxy) is 3. The van der Waals surface area contributed by atoms with Crippen LogP contribution in [0.15, 0.2) is 24.3 Å². The minimum absolute atomic E-state index is 0.0420. The molecule has 0 spiro atoms. The minimum atomic E-state index is -1.26. The fourth-order valence-corrected chi connectivity index (χ4v) is 4.94. The molecular formula is C24H28ClNO8S. The van der Waals surface area contributed by atoms with Crippen molar-refractivity contribution >= 4 is 41.0 Å². The van der Waals surface area contributed by atoms with E-state index in [9.17, 15) is 19.5 Å². The number of aromatic carboxylic acids is 1. The van der Waals surface area contributed by atoms with Crippen molar-refractivity contribution in [3.63, 3.8) is 0 Å². The molecule has 1 fully saturated rings. The van der Waals surface area contributed by atoms with E-state index in [4.69, 9.17) is 30.9 Å². The van der Waals surface area contributed by atoms with Crippen molar-refractivity contribution in [1.29, 1.82) is 0 Å². The molecule has 1 aliphatic rings. The first-order valence-corrected chi connectivity index (χ1v) is 12.3. The highest BCUT2D eigenvalue weighted by Crippen LogP contribution is 2.46. The lowest BCUT2D eigenvalue weighted by molar-refractivity contribution is -0.139. The molecule has 1 aliphatic heterocycles. The summed E-state index contributed by atoms with van der Waals surface area (Å²) in [5.74, 6) is -1.79. The van der Waals surface area contributed by atoms with Crippen LogP contribution in [-0.4, -0.2) is 65.0 Å². The lowest BCUT2D eigenvalue weighted by Crippen LogP contribution is -2.42. The maximum absolute atomic E-state index is 12.2. The summed E-state index contributed by atoms with van der Waals surface area (Å²) >= 11 is 7.27. The maximum atomic E-state index is 12.2. The fraction of sp³-hybridized carbons (Fsp3) is 0.458. The number of likely N-dealkylation sites (tertiary alicyclic amines) is 1. The van der Waals surface area contributed by atoms with Gasteiger partial charge in [-0.3, -0.25) is 0 Å². The van der Waals surface area contributed by atoms with Crippen LogP contribution in [0.3, 0.4) is 0 Å². The zero-order valence-electron chi connectivity index (χ0n) is 19.7. The molecule has 1 aromatic carbocycles. The van der Waals surface area contributed by atoms with Gasteiger partial charge < -0.3 is 29.3 Å². The average Bonchev–Trinajstić information content (AvgIpc) is 3.12. The molecule has 2 N–H and O–H groups in total. The summed E-state index contributed by atoms with van der Waals surface area (Å²) in [5.41, 5.74) is 0.104. The number of benzene rings is 1. The summed E-state index contributed by atoms with van der Waals surface area (Å²) in [6.07, 6.45) is 1.29. The number of aliphatic carboxylic acids is 1. The van der Waals surface area contributed by atoms with E-state index in [2.05, 4.69) is 0 Å². The number of hydrogen-bond donors (Lipinski definition) is 2. The van der Waals surface area contributed by atoms with Crippen molar-refractivity contribution in [2.24, 2.45) is 5.92 Å². The predicted molar refractivity (Wildman–Crippen MR) is 131 cm³/mol. The van der Waals surface area contributed by atoms with Crippen LogP contribution in [0.5, 0.6) is 11.5 Å². The Morgan fingerprint density at radius 1 is 1.14 bits per heavy atom. The van der Waals surface area contributed by atoms with Gasteiger partial charge in [0.25, 0.3) is 0 Å². The van der Waals surface area contributed by atoms with Crippen LogP contribution >= 0.6 is 22.9 Å². The lowest BCUT2D eigenvalue weighted by Gasteiger charge is -2.33. The van der Waals surface area contributed by atoms with Crippen LogP contribution in [0.4, 0.5) is 4.79 Å². The first-order chi connectivity index (χ1) is 16.4. The zero-order chi connectivity index (χ0) is 25.8. The molecule has 0 saturated carbocycles. The van der Waals surface area contributed by atoms with E-state index in [-0.39, 0.29) is 27.7 Å². The number of nitrogens with zero attached hydrogens (tertiary/aromatic N) is 1. The van der Waals surface area contributed by atoms with Gasteiger partial charge in [-0.25, -0.2) is 14.4 Å². The van der Waals surface area contributed by atoms with Crippen LogP contribution in [0.1, 0.15) is 43.3 Å². The molecule has 3 rings (SSSR count). The lowest BCUT2D eigenvalue weighted by atomic mass is 9.98. The number of thiophene rings is 1. The number of carbonyl (C=O) groups excluding carboxylic acids is 1. The first-order valence-electron chi connectivity index (χ1n) is 11.1. The summed E-state index contributed by atoms with van der Waals surface area (Å²) in [5, 5.41) is 18.4. The molecule has 1 aromatic heterocycles. The summed E-state index contributed by atoms with van der Waals surface area (Å²) in [6, 6.07) is 7.07. The van der Waals surface area contributed by atoms with Crippen molar-refractivity contribution in [3.05, 3.63) is 34.2 Å². The Labute approximate surface area is 212 Å². The average molecular weight is 526 g/mol. The van der Waals surface area contributed by atoms with Crippen LogP contribution < -0.4 is 9.47 Å². The monoisotopic (exact) mass is 525 g/mol. The van der Waals surface area contributed by atoms with Crippen LogP contribution in [0, 0.1) is 5.92 Å². The van der Waals surface area contributed by atoms with Gasteiger partial charge in [-0.2, -0.15) is 0 Å². The van der Waals surface area contributed by atoms with Gasteiger partial charge in [0.2, 0.25) is 0 Å². The van der Waals surface area contributed by atoms with Crippen LogP contribution in [0.2, 0.25) is 5.02 Å². The molecule has 2 heterocycles. The van der Waals surface area contributed by atoms with Crippen LogP contribution in [-0.2, 0) is 9.53 Å². The second kappa shape index (κ2) is 11.2. The quantitative estimate of drug-likeness (QED) is 0.478. The summed E-state index contributed by atoms with van der Waals surface area (Å²) in [7, 11) is 0. The maximum Gasteiger partial charge on any atom is 0.410 e. The van der Waals surface area contributed by atoms with E-state index in [1.165, 1.54) is 0 Å². The van der Waals surface area contributed by atoms with Gasteiger partial charge >= 0.3 is 18.0 Å². The molecule has 9 nitrogen and oxygen atoms in total. The molecule has 190 valence electrons. The van der Waals surface area contributed by atoms with Gasteiger partial charge in [0.05, 0.1) is 11.5 Å². The Bertz CT molecular complexity index is 1090. The van der Waals surface area contributed by atoms with Gasteiger partial charge in [-0.15, -0.1) is 11.3 Å². The second-order valence-electron chi connectivity index (χ2n) is 9.14. The molecule has 35 heavy (non-hydrogen) atoms. The molecule has 0 radical (unpaired) electrons. The van der Waals surface area contributed by atoms with Crippen molar-refractivity contribution in [2.45, 2.75) is 39.2 Å². The highest BCUT2D eigenvalue weighted by Gasteiger charge is 2.28. The zero-order valence-corrected chi connectivity index (χ0v) is 21.3. The van der Waals surface area contributed by atoms with Gasteiger partial charge in [0, 0.05) is 13.1 Å². The molecule has 0 atom stereocenters. The Morgan fingerprint density at radius 3 is 2.43 bits per heavy atom. The number of carboxylic acids is 2. The van der Waals surface area contributed by atoms with Crippen molar-refractivity contribution < 1.29 is 38.8 Å². The molecule has 11 heteroatoms. The first kappa shape index (κ1) is 26.6. The normalized spacial score (nSPS) is 14.5. The van der Waals surface area contributed by atoms with Gasteiger partial charge in [-0.1, -0.05) is 23.7 Å². The Kier molecular flexibility index (Phi) is 8.50. The van der Waals surface area contributed by atoms with Gasteiger partial charge in [0.15, 0.2) is 17.2 Å². The topological polar surface area (TPSA) is 123 Å². The molecule has 0 aliphatic carbocycles. The summed E-state index contributed by atoms with van der Waals surface area (Å²) in [6.45, 7) is 6.50. The van der Waals surface area contributed by atoms with E-state index >= 15 is 0 Å². The van der Waals surface area contributed by atoms with Crippen molar-refractivity contribution in [1.82, 2.24) is 4.90 Å². The number of amides is 1. The van der Waals surface area contributed by atoms with E-state index in [1.807, 2.05) is 20.8 Å². The highest BCUT2D eigenvalue weighted by molar-refractivity contribution is 7.18. The standard InChI is InChI=1S/C24H28ClNO8S/c1-24(2,3)34-23(31)26-9-7-14(8-10-26)12-32-16-6-4-5-15(11-16)20-18(25)19(33-13-17(27)28)21(35-20)22(29)30/h4-6,11,14H,7-10,12-13H2,1-3H3,(H,27,28)(H,29,30). The smallest absolute Gasteiger partial charge is 0.410 e. The largest absolute Gasteiger partial charge is 0.493 e. The Hall–Kier alpha value is -2.98. The molecule has 1 saturated heterocycles.